The number of aromatic nitrogens is 3. The number of benzene rings is 1. The molecule has 12 heteroatoms. The smallest absolute Gasteiger partial charge is 0.416 e. The number of carboxylic acids is 1. The number of aliphatic carboxylic acids is 1. The summed E-state index contributed by atoms with van der Waals surface area (Å²) in [5.74, 6) is -0.835. The lowest BCUT2D eigenvalue weighted by molar-refractivity contribution is -0.142. The number of carboxylic acid groups (broad SMARTS) is 1. The van der Waals surface area contributed by atoms with E-state index < -0.39 is 17.7 Å². The van der Waals surface area contributed by atoms with Gasteiger partial charge in [0.2, 0.25) is 0 Å². The second kappa shape index (κ2) is 13.1. The fourth-order valence-electron chi connectivity index (χ4n) is 6.05. The number of carbonyl (C=O) groups is 2. The largest absolute Gasteiger partial charge is 0.481 e. The molecule has 0 unspecified atom stereocenters. The number of carbonyl (C=O) groups excluding carboxylic acids is 1. The first kappa shape index (κ1) is 31.1. The summed E-state index contributed by atoms with van der Waals surface area (Å²) >= 11 is 1.37. The van der Waals surface area contributed by atoms with Gasteiger partial charge in [0, 0.05) is 36.1 Å². The molecule has 5 rings (SSSR count). The van der Waals surface area contributed by atoms with Gasteiger partial charge < -0.3 is 10.0 Å². The van der Waals surface area contributed by atoms with Crippen LogP contribution in [0.15, 0.2) is 30.6 Å². The van der Waals surface area contributed by atoms with E-state index in [2.05, 4.69) is 21.8 Å². The van der Waals surface area contributed by atoms with Crippen LogP contribution >= 0.6 is 11.3 Å². The third-order valence-corrected chi connectivity index (χ3v) is 9.33. The predicted octanol–water partition coefficient (Wildman–Crippen LogP) is 6.42. The molecular weight excluding hydrogens is 579 g/mol. The first-order valence-electron chi connectivity index (χ1n) is 14.8. The standard InChI is InChI=1S/C31H36F3N5O3S/c1-3-5-23-6-4-9-39(23)18-26-29(21-12-19(2)13-22(14-21)31(32,33)34)37-28(43-26)15-25(40)24-16-36-27(17-35-24)38-10-7-20(8-11-38)30(41)42/h12-14,16-17,20,23H,3-11,15,18H2,1-2H3,(H,41,42)/t23-/m1/s1. The first-order chi connectivity index (χ1) is 20.5. The molecule has 1 atom stereocenters. The van der Waals surface area contributed by atoms with Crippen LogP contribution in [0.3, 0.4) is 0 Å². The summed E-state index contributed by atoms with van der Waals surface area (Å²) in [6, 6.07) is 4.43. The van der Waals surface area contributed by atoms with Gasteiger partial charge in [-0.3, -0.25) is 14.5 Å². The van der Waals surface area contributed by atoms with Crippen LogP contribution in [-0.2, 0) is 23.9 Å². The molecule has 0 aliphatic carbocycles. The summed E-state index contributed by atoms with van der Waals surface area (Å²) in [5, 5.41) is 9.75. The number of hydrogen-bond acceptors (Lipinski definition) is 8. The summed E-state index contributed by atoms with van der Waals surface area (Å²) in [4.78, 5) is 43.1. The number of anilines is 1. The number of thiazole rings is 1. The molecule has 230 valence electrons. The maximum atomic E-state index is 13.7. The van der Waals surface area contributed by atoms with Crippen LogP contribution in [0.1, 0.15) is 76.9 Å². The van der Waals surface area contributed by atoms with Crippen LogP contribution in [0.5, 0.6) is 0 Å². The van der Waals surface area contributed by atoms with Crippen LogP contribution in [0.2, 0.25) is 0 Å². The highest BCUT2D eigenvalue weighted by Crippen LogP contribution is 2.37. The van der Waals surface area contributed by atoms with Crippen LogP contribution in [0.25, 0.3) is 11.3 Å². The average Bonchev–Trinajstić information content (AvgIpc) is 3.59. The Morgan fingerprint density at radius 3 is 2.49 bits per heavy atom. The lowest BCUT2D eigenvalue weighted by atomic mass is 9.97. The van der Waals surface area contributed by atoms with Gasteiger partial charge in [0.1, 0.15) is 16.5 Å². The minimum absolute atomic E-state index is 0.0357. The number of likely N-dealkylation sites (tertiary alicyclic amines) is 1. The number of aryl methyl sites for hydroxylation is 1. The van der Waals surface area contributed by atoms with Gasteiger partial charge in [-0.2, -0.15) is 13.2 Å². The molecule has 43 heavy (non-hydrogen) atoms. The molecule has 0 spiro atoms. The topological polar surface area (TPSA) is 99.5 Å². The molecule has 4 heterocycles. The molecule has 1 aromatic carbocycles. The van der Waals surface area contributed by atoms with Crippen LogP contribution in [-0.4, -0.2) is 62.4 Å². The predicted molar refractivity (Wildman–Crippen MR) is 158 cm³/mol. The lowest BCUT2D eigenvalue weighted by Gasteiger charge is -2.30. The van der Waals surface area contributed by atoms with E-state index in [1.807, 2.05) is 4.90 Å². The van der Waals surface area contributed by atoms with Crippen molar-refractivity contribution >= 4 is 28.9 Å². The van der Waals surface area contributed by atoms with Gasteiger partial charge in [-0.05, 0) is 69.3 Å². The van der Waals surface area contributed by atoms with Gasteiger partial charge in [-0.25, -0.2) is 15.0 Å². The van der Waals surface area contributed by atoms with Crippen molar-refractivity contribution < 1.29 is 27.9 Å². The normalized spacial score (nSPS) is 18.3. The van der Waals surface area contributed by atoms with Crippen molar-refractivity contribution in [2.75, 3.05) is 24.5 Å². The van der Waals surface area contributed by atoms with Crippen molar-refractivity contribution in [3.8, 4) is 11.3 Å². The zero-order chi connectivity index (χ0) is 30.7. The van der Waals surface area contributed by atoms with E-state index in [4.69, 9.17) is 4.98 Å². The Hall–Kier alpha value is -3.38. The third kappa shape index (κ3) is 7.41. The maximum absolute atomic E-state index is 13.7. The molecule has 0 saturated carbocycles. The van der Waals surface area contributed by atoms with Crippen molar-refractivity contribution in [2.45, 2.75) is 77.6 Å². The molecule has 2 aromatic heterocycles. The second-order valence-electron chi connectivity index (χ2n) is 11.5. The number of piperidine rings is 1. The summed E-state index contributed by atoms with van der Waals surface area (Å²) < 4.78 is 41.0. The van der Waals surface area contributed by atoms with Gasteiger partial charge in [0.15, 0.2) is 5.78 Å². The van der Waals surface area contributed by atoms with E-state index in [1.165, 1.54) is 23.7 Å². The van der Waals surface area contributed by atoms with Crippen molar-refractivity contribution in [1.82, 2.24) is 19.9 Å². The molecule has 0 bridgehead atoms. The highest BCUT2D eigenvalue weighted by atomic mass is 32.1. The van der Waals surface area contributed by atoms with Gasteiger partial charge in [0.25, 0.3) is 0 Å². The number of hydrogen-bond donors (Lipinski definition) is 1. The Morgan fingerprint density at radius 1 is 1.07 bits per heavy atom. The third-order valence-electron chi connectivity index (χ3n) is 8.29. The average molecular weight is 616 g/mol. The Bertz CT molecular complexity index is 1450. The van der Waals surface area contributed by atoms with E-state index >= 15 is 0 Å². The molecule has 2 aliphatic rings. The number of alkyl halides is 3. The van der Waals surface area contributed by atoms with Gasteiger partial charge in [-0.1, -0.05) is 13.3 Å². The summed E-state index contributed by atoms with van der Waals surface area (Å²) in [6.45, 7) is 6.40. The molecule has 0 amide bonds. The number of ketones is 1. The van der Waals surface area contributed by atoms with Crippen molar-refractivity contribution in [3.63, 3.8) is 0 Å². The number of halogens is 3. The number of nitrogens with zero attached hydrogens (tertiary/aromatic N) is 5. The zero-order valence-corrected chi connectivity index (χ0v) is 25.2. The zero-order valence-electron chi connectivity index (χ0n) is 24.4. The van der Waals surface area contributed by atoms with E-state index in [0.29, 0.717) is 66.2 Å². The van der Waals surface area contributed by atoms with E-state index in [-0.39, 0.29) is 23.8 Å². The van der Waals surface area contributed by atoms with Crippen LogP contribution in [0.4, 0.5) is 19.0 Å². The molecular formula is C31H36F3N5O3S. The maximum Gasteiger partial charge on any atom is 0.416 e. The summed E-state index contributed by atoms with van der Waals surface area (Å²) in [6.07, 6.45) is 3.79. The molecule has 3 aromatic rings. The lowest BCUT2D eigenvalue weighted by Crippen LogP contribution is -2.36. The minimum Gasteiger partial charge on any atom is -0.481 e. The van der Waals surface area contributed by atoms with Crippen molar-refractivity contribution in [2.24, 2.45) is 5.92 Å². The fourth-order valence-corrected chi connectivity index (χ4v) is 7.17. The van der Waals surface area contributed by atoms with Gasteiger partial charge in [0.05, 0.1) is 36.0 Å². The Morgan fingerprint density at radius 2 is 1.84 bits per heavy atom. The fraction of sp³-hybridized carbons (Fsp3) is 0.516. The van der Waals surface area contributed by atoms with E-state index in [9.17, 15) is 27.9 Å². The molecule has 2 saturated heterocycles. The number of Topliss-reactive ketones (excluding diaryl/α,β-unsaturated/α-hetero) is 1. The molecule has 1 N–H and O–H groups in total. The first-order valence-corrected chi connectivity index (χ1v) is 15.6. The Balaban J connectivity index is 1.37. The second-order valence-corrected chi connectivity index (χ2v) is 12.6. The SMILES string of the molecule is CCC[C@@H]1CCCN1Cc1sc(CC(=O)c2cnc(N3CCC(C(=O)O)CC3)cn2)nc1-c1cc(C)cc(C(F)(F)F)c1. The highest BCUT2D eigenvalue weighted by Gasteiger charge is 2.32. The van der Waals surface area contributed by atoms with Crippen molar-refractivity contribution in [1.29, 1.82) is 0 Å². The quantitative estimate of drug-likeness (QED) is 0.261. The monoisotopic (exact) mass is 615 g/mol. The molecule has 8 nitrogen and oxygen atoms in total. The summed E-state index contributed by atoms with van der Waals surface area (Å²) in [7, 11) is 0. The Labute approximate surface area is 253 Å². The summed E-state index contributed by atoms with van der Waals surface area (Å²) in [5.41, 5.74) is 0.857. The highest BCUT2D eigenvalue weighted by molar-refractivity contribution is 7.12. The number of rotatable bonds is 10. The van der Waals surface area contributed by atoms with E-state index in [1.54, 1.807) is 13.0 Å². The Kier molecular flexibility index (Phi) is 9.45. The van der Waals surface area contributed by atoms with Crippen molar-refractivity contribution in [3.05, 3.63) is 57.3 Å². The van der Waals surface area contributed by atoms with Gasteiger partial charge in [-0.15, -0.1) is 11.3 Å². The van der Waals surface area contributed by atoms with Crippen LogP contribution < -0.4 is 4.90 Å². The van der Waals surface area contributed by atoms with Gasteiger partial charge >= 0.3 is 12.1 Å². The van der Waals surface area contributed by atoms with E-state index in [0.717, 1.165) is 49.2 Å². The molecule has 2 fully saturated rings. The molecule has 0 radical (unpaired) electrons. The van der Waals surface area contributed by atoms with Crippen LogP contribution in [0, 0.1) is 12.8 Å². The minimum atomic E-state index is -4.48. The molecule has 2 aliphatic heterocycles.